The predicted molar refractivity (Wildman–Crippen MR) is 119 cm³/mol. The van der Waals surface area contributed by atoms with Crippen molar-refractivity contribution in [1.29, 1.82) is 0 Å². The Morgan fingerprint density at radius 2 is 1.81 bits per heavy atom. The summed E-state index contributed by atoms with van der Waals surface area (Å²) in [5.41, 5.74) is 2.23. The van der Waals surface area contributed by atoms with Gasteiger partial charge >= 0.3 is 0 Å². The van der Waals surface area contributed by atoms with Gasteiger partial charge in [0.25, 0.3) is 5.91 Å². The molecule has 2 heterocycles. The van der Waals surface area contributed by atoms with E-state index in [1.165, 1.54) is 6.42 Å². The molecule has 3 aromatic rings. The molecule has 0 radical (unpaired) electrons. The molecule has 6 heteroatoms. The summed E-state index contributed by atoms with van der Waals surface area (Å²) in [7, 11) is 0. The minimum atomic E-state index is -0.450. The Morgan fingerprint density at radius 3 is 2.61 bits per heavy atom. The molecule has 31 heavy (non-hydrogen) atoms. The van der Waals surface area contributed by atoms with Crippen LogP contribution < -0.4 is 5.32 Å². The van der Waals surface area contributed by atoms with Crippen LogP contribution in [0.3, 0.4) is 0 Å². The minimum absolute atomic E-state index is 0.0413. The van der Waals surface area contributed by atoms with Crippen LogP contribution in [0, 0.1) is 5.92 Å². The highest BCUT2D eigenvalue weighted by Gasteiger charge is 2.47. The number of anilines is 1. The van der Waals surface area contributed by atoms with Crippen LogP contribution in [-0.4, -0.2) is 38.6 Å². The van der Waals surface area contributed by atoms with Gasteiger partial charge in [0, 0.05) is 29.7 Å². The lowest BCUT2D eigenvalue weighted by Crippen LogP contribution is -2.47. The van der Waals surface area contributed by atoms with Crippen LogP contribution in [0.2, 0.25) is 0 Å². The van der Waals surface area contributed by atoms with Gasteiger partial charge in [-0.05, 0) is 61.6 Å². The van der Waals surface area contributed by atoms with E-state index in [0.717, 1.165) is 31.4 Å². The average Bonchev–Trinajstić information content (AvgIpc) is 3.48. The summed E-state index contributed by atoms with van der Waals surface area (Å²) in [4.78, 5) is 28.7. The number of nitrogens with one attached hydrogen (secondary N) is 1. The second-order valence-corrected chi connectivity index (χ2v) is 8.43. The fourth-order valence-electron chi connectivity index (χ4n) is 5.09. The molecule has 2 aromatic carbocycles. The van der Waals surface area contributed by atoms with Crippen molar-refractivity contribution in [2.45, 2.75) is 44.2 Å². The van der Waals surface area contributed by atoms with Gasteiger partial charge in [0.15, 0.2) is 0 Å². The number of rotatable bonds is 4. The van der Waals surface area contributed by atoms with E-state index in [1.54, 1.807) is 10.9 Å². The molecule has 1 saturated carbocycles. The maximum absolute atomic E-state index is 13.4. The Kier molecular flexibility index (Phi) is 5.28. The number of amides is 2. The first-order valence-corrected chi connectivity index (χ1v) is 11.0. The molecule has 2 amide bonds. The predicted octanol–water partition coefficient (Wildman–Crippen LogP) is 4.28. The Balaban J connectivity index is 1.40. The van der Waals surface area contributed by atoms with Gasteiger partial charge in [0.1, 0.15) is 6.04 Å². The highest BCUT2D eigenvalue weighted by atomic mass is 16.2. The smallest absolute Gasteiger partial charge is 0.254 e. The number of likely N-dealkylation sites (tertiary alicyclic amines) is 1. The summed E-state index contributed by atoms with van der Waals surface area (Å²) in [6.45, 7) is 0. The number of nitrogens with zero attached hydrogens (tertiary/aromatic N) is 3. The van der Waals surface area contributed by atoms with Crippen LogP contribution in [-0.2, 0) is 4.79 Å². The highest BCUT2D eigenvalue weighted by Crippen LogP contribution is 2.40. The van der Waals surface area contributed by atoms with Gasteiger partial charge < -0.3 is 10.2 Å². The third-order valence-electron chi connectivity index (χ3n) is 6.53. The van der Waals surface area contributed by atoms with E-state index in [9.17, 15) is 9.59 Å². The minimum Gasteiger partial charge on any atom is -0.324 e. The number of hydrogen-bond acceptors (Lipinski definition) is 3. The first kappa shape index (κ1) is 19.5. The summed E-state index contributed by atoms with van der Waals surface area (Å²) < 4.78 is 1.75. The van der Waals surface area contributed by atoms with E-state index < -0.39 is 6.04 Å². The van der Waals surface area contributed by atoms with Gasteiger partial charge in [-0.1, -0.05) is 37.1 Å². The van der Waals surface area contributed by atoms with E-state index >= 15 is 0 Å². The standard InChI is InChI=1S/C25H26N4O2/c30-24(27-20-11-6-12-21(17-20)28-15-7-14-26-28)23-16-19-10-4-5-13-22(19)29(23)25(31)18-8-2-1-3-9-18/h1-3,6-9,11-12,14-15,17,19,22-23H,4-5,10,13,16H2,(H,27,30). The molecule has 1 aliphatic heterocycles. The number of benzene rings is 2. The Labute approximate surface area is 181 Å². The highest BCUT2D eigenvalue weighted by molar-refractivity contribution is 6.02. The number of fused-ring (bicyclic) bond motifs is 1. The van der Waals surface area contributed by atoms with Gasteiger partial charge in [0.2, 0.25) is 5.91 Å². The first-order chi connectivity index (χ1) is 15.2. The molecule has 5 rings (SSSR count). The molecular formula is C25H26N4O2. The van der Waals surface area contributed by atoms with Crippen molar-refractivity contribution in [2.75, 3.05) is 5.32 Å². The summed E-state index contributed by atoms with van der Waals surface area (Å²) in [5, 5.41) is 7.31. The van der Waals surface area contributed by atoms with Crippen LogP contribution in [0.25, 0.3) is 5.69 Å². The van der Waals surface area contributed by atoms with Crippen LogP contribution in [0.5, 0.6) is 0 Å². The molecule has 6 nitrogen and oxygen atoms in total. The SMILES string of the molecule is O=C(Nc1cccc(-n2cccn2)c1)C1CC2CCCCC2N1C(=O)c1ccccc1. The summed E-state index contributed by atoms with van der Waals surface area (Å²) in [6.07, 6.45) is 8.66. The molecule has 3 unspecified atom stereocenters. The van der Waals surface area contributed by atoms with Gasteiger partial charge in [-0.3, -0.25) is 9.59 Å². The molecule has 3 atom stereocenters. The van der Waals surface area contributed by atoms with Gasteiger partial charge in [-0.25, -0.2) is 4.68 Å². The maximum atomic E-state index is 13.4. The second kappa shape index (κ2) is 8.38. The zero-order valence-electron chi connectivity index (χ0n) is 17.4. The lowest BCUT2D eigenvalue weighted by Gasteiger charge is -2.33. The average molecular weight is 415 g/mol. The molecular weight excluding hydrogens is 388 g/mol. The van der Waals surface area contributed by atoms with E-state index in [2.05, 4.69) is 10.4 Å². The molecule has 1 N–H and O–H groups in total. The summed E-state index contributed by atoms with van der Waals surface area (Å²) >= 11 is 0. The van der Waals surface area contributed by atoms with Crippen molar-refractivity contribution in [1.82, 2.24) is 14.7 Å². The fourth-order valence-corrected chi connectivity index (χ4v) is 5.09. The Bertz CT molecular complexity index is 1060. The van der Waals surface area contributed by atoms with E-state index in [4.69, 9.17) is 0 Å². The molecule has 2 aliphatic rings. The number of aromatic nitrogens is 2. The fraction of sp³-hybridized carbons (Fsp3) is 0.320. The number of carbonyl (C=O) groups excluding carboxylic acids is 2. The molecule has 1 aromatic heterocycles. The summed E-state index contributed by atoms with van der Waals surface area (Å²) in [5.74, 6) is 0.240. The van der Waals surface area contributed by atoms with Crippen LogP contribution in [0.4, 0.5) is 5.69 Å². The van der Waals surface area contributed by atoms with Crippen LogP contribution in [0.1, 0.15) is 42.5 Å². The quantitative estimate of drug-likeness (QED) is 0.693. The van der Waals surface area contributed by atoms with E-state index in [-0.39, 0.29) is 17.9 Å². The molecule has 0 spiro atoms. The number of carbonyl (C=O) groups is 2. The second-order valence-electron chi connectivity index (χ2n) is 8.43. The maximum Gasteiger partial charge on any atom is 0.254 e. The molecule has 2 fully saturated rings. The van der Waals surface area contributed by atoms with Gasteiger partial charge in [-0.15, -0.1) is 0 Å². The van der Waals surface area contributed by atoms with E-state index in [0.29, 0.717) is 17.2 Å². The van der Waals surface area contributed by atoms with E-state index in [1.807, 2.05) is 71.8 Å². The van der Waals surface area contributed by atoms with Crippen molar-refractivity contribution < 1.29 is 9.59 Å². The largest absolute Gasteiger partial charge is 0.324 e. The molecule has 158 valence electrons. The van der Waals surface area contributed by atoms with Crippen LogP contribution >= 0.6 is 0 Å². The van der Waals surface area contributed by atoms with Crippen molar-refractivity contribution in [2.24, 2.45) is 5.92 Å². The Morgan fingerprint density at radius 1 is 0.968 bits per heavy atom. The van der Waals surface area contributed by atoms with Gasteiger partial charge in [-0.2, -0.15) is 5.10 Å². The van der Waals surface area contributed by atoms with Gasteiger partial charge in [0.05, 0.1) is 5.69 Å². The Hall–Kier alpha value is -3.41. The lowest BCUT2D eigenvalue weighted by atomic mass is 9.84. The van der Waals surface area contributed by atoms with Crippen molar-refractivity contribution >= 4 is 17.5 Å². The first-order valence-electron chi connectivity index (χ1n) is 11.0. The zero-order valence-corrected chi connectivity index (χ0v) is 17.4. The zero-order chi connectivity index (χ0) is 21.2. The molecule has 1 saturated heterocycles. The topological polar surface area (TPSA) is 67.2 Å². The lowest BCUT2D eigenvalue weighted by molar-refractivity contribution is -0.120. The van der Waals surface area contributed by atoms with Crippen molar-refractivity contribution in [3.05, 3.63) is 78.6 Å². The number of hydrogen-bond donors (Lipinski definition) is 1. The summed E-state index contributed by atoms with van der Waals surface area (Å²) in [6, 6.07) is 18.5. The van der Waals surface area contributed by atoms with Crippen molar-refractivity contribution in [3.8, 4) is 5.69 Å². The normalized spacial score (nSPS) is 22.7. The third kappa shape index (κ3) is 3.85. The molecule has 1 aliphatic carbocycles. The molecule has 0 bridgehead atoms. The van der Waals surface area contributed by atoms with Crippen molar-refractivity contribution in [3.63, 3.8) is 0 Å². The third-order valence-corrected chi connectivity index (χ3v) is 6.53. The monoisotopic (exact) mass is 414 g/mol. The van der Waals surface area contributed by atoms with Crippen LogP contribution in [0.15, 0.2) is 73.1 Å².